The molecule has 6 rings (SSSR count). The van der Waals surface area contributed by atoms with Crippen molar-refractivity contribution in [2.45, 2.75) is 71.6 Å². The standard InChI is InChI=1S/C42H47N3O9/c1-26-8-11-35-33(16-26)42(50)44-41(43-35)28-10-12-37(32(17-28)24-48)52-14-6-4-3-5-7-15-53-40-20-27(9-13-38(40)51-2)36-21-39(54-45-36)29-18-30(22-46)34(25-49)31(19-29)23-47/h8-13,16-21,41,43,46-49H,3-7,14-15,22-25H2,1-2H3,(H,44,50). The first kappa shape index (κ1) is 38.3. The molecule has 0 spiro atoms. The van der Waals surface area contributed by atoms with Gasteiger partial charge in [0.2, 0.25) is 0 Å². The second kappa shape index (κ2) is 18.1. The second-order valence-corrected chi connectivity index (χ2v) is 13.3. The first-order valence-electron chi connectivity index (χ1n) is 18.2. The fourth-order valence-electron chi connectivity index (χ4n) is 6.60. The highest BCUT2D eigenvalue weighted by Gasteiger charge is 2.25. The molecule has 284 valence electrons. The fraction of sp³-hybridized carbons (Fsp3) is 0.333. The van der Waals surface area contributed by atoms with Crippen molar-refractivity contribution in [2.75, 3.05) is 25.6 Å². The number of aryl methyl sites for hydroxylation is 1. The predicted molar refractivity (Wildman–Crippen MR) is 203 cm³/mol. The van der Waals surface area contributed by atoms with Crippen molar-refractivity contribution >= 4 is 11.6 Å². The molecule has 1 amide bonds. The Balaban J connectivity index is 0.948. The second-order valence-electron chi connectivity index (χ2n) is 13.3. The SMILES string of the molecule is COc1ccc(-c2cc(-c3cc(CO)c(CO)c(CO)c3)on2)cc1OCCCCCCCOc1ccc(C2NC(=O)c3cc(C)ccc3N2)cc1CO. The lowest BCUT2D eigenvalue weighted by Gasteiger charge is -2.29. The fourth-order valence-corrected chi connectivity index (χ4v) is 6.60. The van der Waals surface area contributed by atoms with Crippen molar-refractivity contribution in [3.05, 3.63) is 112 Å². The van der Waals surface area contributed by atoms with Crippen LogP contribution in [0.4, 0.5) is 5.69 Å². The Morgan fingerprint density at radius 3 is 2.06 bits per heavy atom. The normalized spacial score (nSPS) is 13.6. The van der Waals surface area contributed by atoms with E-state index in [0.717, 1.165) is 54.5 Å². The lowest BCUT2D eigenvalue weighted by atomic mass is 9.97. The van der Waals surface area contributed by atoms with Gasteiger partial charge in [0.1, 0.15) is 17.6 Å². The van der Waals surface area contributed by atoms with E-state index in [1.807, 2.05) is 61.5 Å². The van der Waals surface area contributed by atoms with Gasteiger partial charge < -0.3 is 49.8 Å². The van der Waals surface area contributed by atoms with Gasteiger partial charge in [0.25, 0.3) is 5.91 Å². The zero-order valence-corrected chi connectivity index (χ0v) is 30.6. The van der Waals surface area contributed by atoms with Crippen molar-refractivity contribution in [3.63, 3.8) is 0 Å². The van der Waals surface area contributed by atoms with Crippen LogP contribution in [0.2, 0.25) is 0 Å². The highest BCUT2D eigenvalue weighted by atomic mass is 16.5. The van der Waals surface area contributed by atoms with Crippen LogP contribution >= 0.6 is 0 Å². The summed E-state index contributed by atoms with van der Waals surface area (Å²) < 4.78 is 23.3. The van der Waals surface area contributed by atoms with E-state index in [-0.39, 0.29) is 32.3 Å². The number of ether oxygens (including phenoxy) is 3. The van der Waals surface area contributed by atoms with E-state index in [0.29, 0.717) is 75.3 Å². The minimum atomic E-state index is -0.407. The molecule has 1 aliphatic rings. The van der Waals surface area contributed by atoms with E-state index in [1.165, 1.54) is 0 Å². The lowest BCUT2D eigenvalue weighted by molar-refractivity contribution is 0.0935. The third-order valence-corrected chi connectivity index (χ3v) is 9.57. The third kappa shape index (κ3) is 8.86. The summed E-state index contributed by atoms with van der Waals surface area (Å²) in [4.78, 5) is 12.7. The average Bonchev–Trinajstić information content (AvgIpc) is 3.70. The molecule has 0 bridgehead atoms. The van der Waals surface area contributed by atoms with Crippen molar-refractivity contribution in [1.29, 1.82) is 0 Å². The molecule has 0 radical (unpaired) electrons. The molecule has 0 fully saturated rings. The minimum Gasteiger partial charge on any atom is -0.493 e. The Morgan fingerprint density at radius 1 is 0.685 bits per heavy atom. The van der Waals surface area contributed by atoms with Crippen LogP contribution in [0.5, 0.6) is 17.2 Å². The number of fused-ring (bicyclic) bond motifs is 1. The number of carbonyl (C=O) groups excluding carboxylic acids is 1. The topological polar surface area (TPSA) is 176 Å². The molecule has 1 aromatic heterocycles. The average molecular weight is 738 g/mol. The van der Waals surface area contributed by atoms with Gasteiger partial charge in [-0.05, 0) is 96.6 Å². The van der Waals surface area contributed by atoms with Crippen LogP contribution in [0.15, 0.2) is 77.3 Å². The number of rotatable bonds is 18. The number of hydrogen-bond acceptors (Lipinski definition) is 11. The third-order valence-electron chi connectivity index (χ3n) is 9.57. The number of benzene rings is 4. The first-order valence-corrected chi connectivity index (χ1v) is 18.2. The molecule has 6 N–H and O–H groups in total. The van der Waals surface area contributed by atoms with Gasteiger partial charge in [-0.25, -0.2) is 0 Å². The summed E-state index contributed by atoms with van der Waals surface area (Å²) in [5, 5.41) is 49.9. The summed E-state index contributed by atoms with van der Waals surface area (Å²) in [6, 6.07) is 22.1. The summed E-state index contributed by atoms with van der Waals surface area (Å²) in [5.74, 6) is 2.16. The largest absolute Gasteiger partial charge is 0.493 e. The van der Waals surface area contributed by atoms with Crippen LogP contribution in [0, 0.1) is 6.92 Å². The Hall–Kier alpha value is -5.40. The van der Waals surface area contributed by atoms with Gasteiger partial charge in [-0.15, -0.1) is 0 Å². The van der Waals surface area contributed by atoms with Crippen LogP contribution in [0.1, 0.15) is 82.0 Å². The van der Waals surface area contributed by atoms with E-state index >= 15 is 0 Å². The molecule has 12 nitrogen and oxygen atoms in total. The number of methoxy groups -OCH3 is 1. The van der Waals surface area contributed by atoms with Crippen molar-refractivity contribution in [1.82, 2.24) is 10.5 Å². The number of nitrogens with zero attached hydrogens (tertiary/aromatic N) is 1. The maximum Gasteiger partial charge on any atom is 0.255 e. The number of nitrogens with one attached hydrogen (secondary N) is 2. The van der Waals surface area contributed by atoms with Crippen LogP contribution in [-0.2, 0) is 26.4 Å². The lowest BCUT2D eigenvalue weighted by Crippen LogP contribution is -2.38. The van der Waals surface area contributed by atoms with Crippen LogP contribution < -0.4 is 24.8 Å². The van der Waals surface area contributed by atoms with Crippen molar-refractivity contribution in [3.8, 4) is 39.8 Å². The summed E-state index contributed by atoms with van der Waals surface area (Å²) in [6.45, 7) is 1.96. The van der Waals surface area contributed by atoms with Crippen LogP contribution in [0.25, 0.3) is 22.6 Å². The number of aliphatic hydroxyl groups is 4. The number of anilines is 1. The molecule has 54 heavy (non-hydrogen) atoms. The molecule has 12 heteroatoms. The quantitative estimate of drug-likeness (QED) is 0.0538. The molecule has 0 saturated carbocycles. The van der Waals surface area contributed by atoms with Gasteiger partial charge in [0, 0.05) is 28.4 Å². The molecular formula is C42H47N3O9. The number of aromatic nitrogens is 1. The van der Waals surface area contributed by atoms with Gasteiger partial charge >= 0.3 is 0 Å². The monoisotopic (exact) mass is 737 g/mol. The van der Waals surface area contributed by atoms with E-state index in [4.69, 9.17) is 18.7 Å². The highest BCUT2D eigenvalue weighted by Crippen LogP contribution is 2.35. The molecule has 5 aromatic rings. The van der Waals surface area contributed by atoms with Gasteiger partial charge in [-0.3, -0.25) is 4.79 Å². The number of unbranched alkanes of at least 4 members (excludes halogenated alkanes) is 4. The van der Waals surface area contributed by atoms with Crippen molar-refractivity contribution in [2.24, 2.45) is 0 Å². The van der Waals surface area contributed by atoms with Gasteiger partial charge in [-0.2, -0.15) is 0 Å². The molecule has 4 aromatic carbocycles. The van der Waals surface area contributed by atoms with E-state index in [9.17, 15) is 25.2 Å². The molecule has 2 heterocycles. The number of amides is 1. The van der Waals surface area contributed by atoms with Gasteiger partial charge in [0.15, 0.2) is 17.3 Å². The van der Waals surface area contributed by atoms with Crippen LogP contribution in [0.3, 0.4) is 0 Å². The summed E-state index contributed by atoms with van der Waals surface area (Å²) in [5.41, 5.74) is 7.43. The van der Waals surface area contributed by atoms with E-state index in [1.54, 1.807) is 25.3 Å². The number of hydrogen-bond donors (Lipinski definition) is 6. The zero-order chi connectivity index (χ0) is 38.0. The molecule has 1 aliphatic heterocycles. The smallest absolute Gasteiger partial charge is 0.255 e. The summed E-state index contributed by atoms with van der Waals surface area (Å²) in [6.07, 6.45) is 4.30. The zero-order valence-electron chi connectivity index (χ0n) is 30.6. The Labute approximate surface area is 314 Å². The Bertz CT molecular complexity index is 2040. The van der Waals surface area contributed by atoms with Gasteiger partial charge in [-0.1, -0.05) is 42.1 Å². The molecular weight excluding hydrogens is 690 g/mol. The maximum atomic E-state index is 12.7. The van der Waals surface area contributed by atoms with E-state index < -0.39 is 6.17 Å². The summed E-state index contributed by atoms with van der Waals surface area (Å²) in [7, 11) is 1.59. The highest BCUT2D eigenvalue weighted by molar-refractivity contribution is 6.01. The van der Waals surface area contributed by atoms with Crippen LogP contribution in [-0.4, -0.2) is 51.8 Å². The van der Waals surface area contributed by atoms with E-state index in [2.05, 4.69) is 15.8 Å². The molecule has 1 atom stereocenters. The predicted octanol–water partition coefficient (Wildman–Crippen LogP) is 6.56. The molecule has 1 unspecified atom stereocenters. The summed E-state index contributed by atoms with van der Waals surface area (Å²) >= 11 is 0. The molecule has 0 saturated heterocycles. The maximum absolute atomic E-state index is 12.7. The minimum absolute atomic E-state index is 0.136. The first-order chi connectivity index (χ1) is 26.3. The Morgan fingerprint density at radius 2 is 1.37 bits per heavy atom. The Kier molecular flexibility index (Phi) is 12.8. The number of aliphatic hydroxyl groups excluding tert-OH is 4. The molecule has 0 aliphatic carbocycles. The van der Waals surface area contributed by atoms with Crippen molar-refractivity contribution < 1.29 is 44.0 Å². The van der Waals surface area contributed by atoms with Gasteiger partial charge in [0.05, 0.1) is 52.3 Å². The number of carbonyl (C=O) groups is 1.